The normalized spacial score (nSPS) is 14.1. The van der Waals surface area contributed by atoms with Gasteiger partial charge in [0.15, 0.2) is 0 Å². The van der Waals surface area contributed by atoms with Crippen molar-refractivity contribution >= 4 is 14.3 Å². The van der Waals surface area contributed by atoms with Crippen molar-refractivity contribution in [2.45, 2.75) is 52.9 Å². The number of rotatable bonds is 11. The number of hydrogen-bond acceptors (Lipinski definition) is 3. The SMILES string of the molecule is CC(C)C(C)CN(CCC=N)COCC[Si](C)(C)C. The van der Waals surface area contributed by atoms with Crippen LogP contribution in [0.1, 0.15) is 27.2 Å². The third-order valence-electron chi connectivity index (χ3n) is 3.54. The van der Waals surface area contributed by atoms with Crippen molar-refractivity contribution in [2.24, 2.45) is 11.8 Å². The lowest BCUT2D eigenvalue weighted by atomic mass is 9.98. The Hall–Kier alpha value is -0.193. The van der Waals surface area contributed by atoms with Gasteiger partial charge in [0.25, 0.3) is 0 Å². The predicted octanol–water partition coefficient (Wildman–Crippen LogP) is 3.93. The van der Waals surface area contributed by atoms with Gasteiger partial charge >= 0.3 is 0 Å². The Morgan fingerprint density at radius 3 is 2.32 bits per heavy atom. The molecular formula is C15H34N2OSi. The zero-order valence-electron chi connectivity index (χ0n) is 13.8. The highest BCUT2D eigenvalue weighted by Gasteiger charge is 2.15. The Morgan fingerprint density at radius 2 is 1.84 bits per heavy atom. The van der Waals surface area contributed by atoms with Crippen molar-refractivity contribution in [1.29, 1.82) is 5.41 Å². The second kappa shape index (κ2) is 9.67. The Kier molecular flexibility index (Phi) is 9.57. The van der Waals surface area contributed by atoms with Gasteiger partial charge in [0.1, 0.15) is 0 Å². The molecule has 1 unspecified atom stereocenters. The van der Waals surface area contributed by atoms with E-state index in [0.29, 0.717) is 11.8 Å². The maximum absolute atomic E-state index is 7.17. The van der Waals surface area contributed by atoms with Crippen molar-refractivity contribution in [3.63, 3.8) is 0 Å². The van der Waals surface area contributed by atoms with E-state index in [4.69, 9.17) is 10.1 Å². The number of nitrogens with one attached hydrogen (secondary N) is 1. The van der Waals surface area contributed by atoms with Crippen LogP contribution in [0.5, 0.6) is 0 Å². The highest BCUT2D eigenvalue weighted by Crippen LogP contribution is 2.12. The van der Waals surface area contributed by atoms with Crippen LogP contribution in [0.3, 0.4) is 0 Å². The topological polar surface area (TPSA) is 36.3 Å². The van der Waals surface area contributed by atoms with E-state index < -0.39 is 8.07 Å². The molecule has 0 fully saturated rings. The molecule has 0 rings (SSSR count). The summed E-state index contributed by atoms with van der Waals surface area (Å²) in [5.41, 5.74) is 0. The minimum absolute atomic E-state index is 0.673. The molecule has 1 N–H and O–H groups in total. The van der Waals surface area contributed by atoms with Crippen molar-refractivity contribution in [1.82, 2.24) is 4.90 Å². The smallest absolute Gasteiger partial charge is 0.0990 e. The quantitative estimate of drug-likeness (QED) is 0.270. The van der Waals surface area contributed by atoms with Gasteiger partial charge in [-0.15, -0.1) is 0 Å². The van der Waals surface area contributed by atoms with Crippen molar-refractivity contribution in [2.75, 3.05) is 26.4 Å². The second-order valence-corrected chi connectivity index (χ2v) is 12.8. The summed E-state index contributed by atoms with van der Waals surface area (Å²) in [4.78, 5) is 2.35. The molecule has 0 amide bonds. The summed E-state index contributed by atoms with van der Waals surface area (Å²) >= 11 is 0. The van der Waals surface area contributed by atoms with E-state index >= 15 is 0 Å². The number of ether oxygens (including phenoxy) is 1. The van der Waals surface area contributed by atoms with E-state index in [1.165, 1.54) is 12.3 Å². The minimum atomic E-state index is -0.984. The first-order valence-corrected chi connectivity index (χ1v) is 11.3. The summed E-state index contributed by atoms with van der Waals surface area (Å²) in [7, 11) is -0.984. The van der Waals surface area contributed by atoms with E-state index in [9.17, 15) is 0 Å². The summed E-state index contributed by atoms with van der Waals surface area (Å²) in [6.07, 6.45) is 2.32. The fourth-order valence-corrected chi connectivity index (χ4v) is 2.40. The molecule has 4 heteroatoms. The van der Waals surface area contributed by atoms with Crippen LogP contribution in [0.2, 0.25) is 25.7 Å². The molecule has 1 atom stereocenters. The Balaban J connectivity index is 4.02. The molecule has 19 heavy (non-hydrogen) atoms. The molecular weight excluding hydrogens is 252 g/mol. The van der Waals surface area contributed by atoms with Gasteiger partial charge in [-0.1, -0.05) is 40.4 Å². The molecule has 114 valence electrons. The lowest BCUT2D eigenvalue weighted by Gasteiger charge is -2.27. The molecule has 0 heterocycles. The monoisotopic (exact) mass is 286 g/mol. The highest BCUT2D eigenvalue weighted by atomic mass is 28.3. The third kappa shape index (κ3) is 11.3. The average molecular weight is 287 g/mol. The third-order valence-corrected chi connectivity index (χ3v) is 5.25. The zero-order valence-corrected chi connectivity index (χ0v) is 14.8. The maximum atomic E-state index is 7.17. The molecule has 0 aliphatic carbocycles. The summed E-state index contributed by atoms with van der Waals surface area (Å²) in [6, 6.07) is 1.23. The van der Waals surface area contributed by atoms with E-state index in [1.807, 2.05) is 0 Å². The maximum Gasteiger partial charge on any atom is 0.0990 e. The van der Waals surface area contributed by atoms with Crippen LogP contribution in [-0.2, 0) is 4.74 Å². The van der Waals surface area contributed by atoms with Gasteiger partial charge in [-0.2, -0.15) is 0 Å². The van der Waals surface area contributed by atoms with Crippen LogP contribution >= 0.6 is 0 Å². The largest absolute Gasteiger partial charge is 0.366 e. The van der Waals surface area contributed by atoms with E-state index in [1.54, 1.807) is 0 Å². The lowest BCUT2D eigenvalue weighted by Crippen LogP contribution is -2.34. The fraction of sp³-hybridized carbons (Fsp3) is 0.933. The first kappa shape index (κ1) is 18.8. The summed E-state index contributed by atoms with van der Waals surface area (Å²) < 4.78 is 5.84. The van der Waals surface area contributed by atoms with Crippen LogP contribution in [0.15, 0.2) is 0 Å². The minimum Gasteiger partial charge on any atom is -0.366 e. The van der Waals surface area contributed by atoms with Crippen LogP contribution in [0.25, 0.3) is 0 Å². The van der Waals surface area contributed by atoms with E-state index in [0.717, 1.165) is 32.8 Å². The van der Waals surface area contributed by atoms with E-state index in [-0.39, 0.29) is 0 Å². The van der Waals surface area contributed by atoms with Gasteiger partial charge in [0.05, 0.1) is 6.73 Å². The van der Waals surface area contributed by atoms with E-state index in [2.05, 4.69) is 45.3 Å². The molecule has 0 aliphatic heterocycles. The fourth-order valence-electron chi connectivity index (χ4n) is 1.65. The Labute approximate surface area is 121 Å². The second-order valence-electron chi connectivity index (χ2n) is 7.14. The molecule has 0 saturated carbocycles. The number of hydrogen-bond donors (Lipinski definition) is 1. The summed E-state index contributed by atoms with van der Waals surface area (Å²) in [5, 5.41) is 7.17. The van der Waals surface area contributed by atoms with Crippen molar-refractivity contribution < 1.29 is 4.74 Å². The van der Waals surface area contributed by atoms with Gasteiger partial charge in [-0.3, -0.25) is 4.90 Å². The van der Waals surface area contributed by atoms with Gasteiger partial charge in [0, 0.05) is 27.8 Å². The molecule has 0 saturated heterocycles. The van der Waals surface area contributed by atoms with Crippen molar-refractivity contribution in [3.05, 3.63) is 0 Å². The molecule has 0 aromatic heterocycles. The van der Waals surface area contributed by atoms with Crippen LogP contribution in [0.4, 0.5) is 0 Å². The van der Waals surface area contributed by atoms with Crippen LogP contribution in [0, 0.1) is 17.2 Å². The summed E-state index contributed by atoms with van der Waals surface area (Å²) in [6.45, 7) is 17.6. The van der Waals surface area contributed by atoms with Gasteiger partial charge in [-0.05, 0) is 30.5 Å². The molecule has 0 radical (unpaired) electrons. The molecule has 0 spiro atoms. The standard InChI is InChI=1S/C15H34N2OSi/c1-14(2)15(3)12-17(9-7-8-16)13-18-10-11-19(4,5)6/h8,14-16H,7,9-13H2,1-6H3. The molecule has 0 bridgehead atoms. The Morgan fingerprint density at radius 1 is 1.21 bits per heavy atom. The highest BCUT2D eigenvalue weighted by molar-refractivity contribution is 6.76. The average Bonchev–Trinajstić information content (AvgIpc) is 2.29. The number of nitrogens with zero attached hydrogens (tertiary/aromatic N) is 1. The summed E-state index contributed by atoms with van der Waals surface area (Å²) in [5.74, 6) is 1.37. The first-order chi connectivity index (χ1) is 8.76. The van der Waals surface area contributed by atoms with Crippen LogP contribution < -0.4 is 0 Å². The molecule has 3 nitrogen and oxygen atoms in total. The predicted molar refractivity (Wildman–Crippen MR) is 87.9 cm³/mol. The van der Waals surface area contributed by atoms with Gasteiger partial charge in [-0.25, -0.2) is 0 Å². The Bertz CT molecular complexity index is 239. The van der Waals surface area contributed by atoms with Crippen molar-refractivity contribution in [3.8, 4) is 0 Å². The first-order valence-electron chi connectivity index (χ1n) is 7.55. The van der Waals surface area contributed by atoms with Gasteiger partial charge in [0.2, 0.25) is 0 Å². The molecule has 0 aliphatic rings. The zero-order chi connectivity index (χ0) is 14.9. The lowest BCUT2D eigenvalue weighted by molar-refractivity contribution is 0.0257. The molecule has 0 aromatic carbocycles. The van der Waals surface area contributed by atoms with Gasteiger partial charge < -0.3 is 10.1 Å². The molecule has 0 aromatic rings. The van der Waals surface area contributed by atoms with Crippen LogP contribution in [-0.4, -0.2) is 45.6 Å².